The van der Waals surface area contributed by atoms with E-state index in [0.29, 0.717) is 30.1 Å². The number of anilines is 1. The molecule has 0 spiro atoms. The first kappa shape index (κ1) is 15.3. The van der Waals surface area contributed by atoms with E-state index in [0.717, 1.165) is 18.4 Å². The average molecular weight is 286 g/mol. The molecule has 0 heterocycles. The maximum Gasteiger partial charge on any atom is 0.251 e. The van der Waals surface area contributed by atoms with Crippen molar-refractivity contribution >= 4 is 17.5 Å². The first-order valence-electron chi connectivity index (χ1n) is 7.45. The highest BCUT2D eigenvalue weighted by Gasteiger charge is 2.15. The minimum absolute atomic E-state index is 0.00250. The van der Waals surface area contributed by atoms with Crippen LogP contribution >= 0.6 is 0 Å². The summed E-state index contributed by atoms with van der Waals surface area (Å²) in [6.07, 6.45) is 6.84. The molecule has 1 aromatic carbocycles. The number of carbonyl (C=O) groups is 2. The van der Waals surface area contributed by atoms with Crippen LogP contribution < -0.4 is 10.6 Å². The van der Waals surface area contributed by atoms with Gasteiger partial charge in [0.05, 0.1) is 0 Å². The van der Waals surface area contributed by atoms with Gasteiger partial charge in [0.15, 0.2) is 0 Å². The van der Waals surface area contributed by atoms with Gasteiger partial charge in [-0.3, -0.25) is 9.59 Å². The predicted octanol–water partition coefficient (Wildman–Crippen LogP) is 3.04. The zero-order valence-electron chi connectivity index (χ0n) is 12.6. The van der Waals surface area contributed by atoms with E-state index < -0.39 is 0 Å². The van der Waals surface area contributed by atoms with Crippen LogP contribution in [0.1, 0.15) is 42.1 Å². The highest BCUT2D eigenvalue weighted by atomic mass is 16.2. The number of benzene rings is 1. The lowest BCUT2D eigenvalue weighted by molar-refractivity contribution is -0.116. The Morgan fingerprint density at radius 2 is 2.14 bits per heavy atom. The molecular formula is C17H22N2O2. The van der Waals surface area contributed by atoms with Gasteiger partial charge in [-0.05, 0) is 50.3 Å². The van der Waals surface area contributed by atoms with Crippen LogP contribution in [0.15, 0.2) is 30.4 Å². The number of hydrogen-bond acceptors (Lipinski definition) is 2. The van der Waals surface area contributed by atoms with Crippen molar-refractivity contribution in [1.29, 1.82) is 0 Å². The van der Waals surface area contributed by atoms with E-state index in [-0.39, 0.29) is 11.8 Å². The summed E-state index contributed by atoms with van der Waals surface area (Å²) in [4.78, 5) is 23.9. The van der Waals surface area contributed by atoms with E-state index in [4.69, 9.17) is 0 Å². The molecule has 0 saturated heterocycles. The summed E-state index contributed by atoms with van der Waals surface area (Å²) >= 11 is 0. The Labute approximate surface area is 125 Å². The largest absolute Gasteiger partial charge is 0.352 e. The van der Waals surface area contributed by atoms with Crippen LogP contribution in [0.4, 0.5) is 5.69 Å². The number of amides is 2. The Kier molecular flexibility index (Phi) is 5.14. The SMILES string of the molecule is CCNC(=O)c1ccc(C)c(NC(=O)C[C@@H]2C=CCC2)c1. The third-order valence-corrected chi connectivity index (χ3v) is 3.67. The van der Waals surface area contributed by atoms with Crippen molar-refractivity contribution in [3.05, 3.63) is 41.5 Å². The number of rotatable bonds is 5. The number of allylic oxidation sites excluding steroid dienone is 2. The summed E-state index contributed by atoms with van der Waals surface area (Å²) in [6.45, 7) is 4.39. The molecule has 2 amide bonds. The topological polar surface area (TPSA) is 58.2 Å². The molecule has 21 heavy (non-hydrogen) atoms. The molecule has 0 aromatic heterocycles. The number of carbonyl (C=O) groups excluding carboxylic acids is 2. The van der Waals surface area contributed by atoms with Gasteiger partial charge >= 0.3 is 0 Å². The molecule has 1 aromatic rings. The second kappa shape index (κ2) is 7.07. The molecule has 4 nitrogen and oxygen atoms in total. The molecule has 1 aliphatic carbocycles. The Bertz CT molecular complexity index is 564. The van der Waals surface area contributed by atoms with Crippen molar-refractivity contribution in [1.82, 2.24) is 5.32 Å². The maximum atomic E-state index is 12.1. The Hall–Kier alpha value is -2.10. The summed E-state index contributed by atoms with van der Waals surface area (Å²) < 4.78 is 0. The quantitative estimate of drug-likeness (QED) is 0.817. The fourth-order valence-corrected chi connectivity index (χ4v) is 2.47. The van der Waals surface area contributed by atoms with E-state index in [1.54, 1.807) is 12.1 Å². The normalized spacial score (nSPS) is 16.8. The first-order chi connectivity index (χ1) is 10.1. The molecule has 0 aliphatic heterocycles. The zero-order valence-corrected chi connectivity index (χ0v) is 12.6. The van der Waals surface area contributed by atoms with Gasteiger partial charge in [-0.1, -0.05) is 18.2 Å². The van der Waals surface area contributed by atoms with Crippen molar-refractivity contribution in [2.24, 2.45) is 5.92 Å². The molecule has 0 radical (unpaired) electrons. The lowest BCUT2D eigenvalue weighted by atomic mass is 10.0. The molecule has 2 rings (SSSR count). The maximum absolute atomic E-state index is 12.1. The molecular weight excluding hydrogens is 264 g/mol. The lowest BCUT2D eigenvalue weighted by Gasteiger charge is -2.12. The zero-order chi connectivity index (χ0) is 15.2. The molecule has 1 aliphatic rings. The highest BCUT2D eigenvalue weighted by Crippen LogP contribution is 2.22. The Morgan fingerprint density at radius 1 is 1.33 bits per heavy atom. The van der Waals surface area contributed by atoms with Crippen LogP contribution in [0.3, 0.4) is 0 Å². The van der Waals surface area contributed by atoms with Crippen molar-refractivity contribution in [2.75, 3.05) is 11.9 Å². The van der Waals surface area contributed by atoms with Crippen LogP contribution in [0, 0.1) is 12.8 Å². The second-order valence-electron chi connectivity index (χ2n) is 5.41. The number of aryl methyl sites for hydroxylation is 1. The monoisotopic (exact) mass is 286 g/mol. The van der Waals surface area contributed by atoms with Crippen molar-refractivity contribution < 1.29 is 9.59 Å². The second-order valence-corrected chi connectivity index (χ2v) is 5.41. The molecule has 2 N–H and O–H groups in total. The molecule has 1 atom stereocenters. The van der Waals surface area contributed by atoms with Crippen molar-refractivity contribution in [2.45, 2.75) is 33.1 Å². The van der Waals surface area contributed by atoms with Crippen LogP contribution in [-0.4, -0.2) is 18.4 Å². The molecule has 0 saturated carbocycles. The van der Waals surface area contributed by atoms with Crippen LogP contribution in [0.5, 0.6) is 0 Å². The predicted molar refractivity (Wildman–Crippen MR) is 84.3 cm³/mol. The van der Waals surface area contributed by atoms with Gasteiger partial charge in [0.25, 0.3) is 5.91 Å². The van der Waals surface area contributed by atoms with E-state index >= 15 is 0 Å². The summed E-state index contributed by atoms with van der Waals surface area (Å²) in [5.74, 6) is 0.228. The summed E-state index contributed by atoms with van der Waals surface area (Å²) in [5, 5.41) is 5.68. The number of nitrogens with one attached hydrogen (secondary N) is 2. The minimum atomic E-state index is -0.119. The highest BCUT2D eigenvalue weighted by molar-refractivity contribution is 5.97. The first-order valence-corrected chi connectivity index (χ1v) is 7.45. The number of hydrogen-bond donors (Lipinski definition) is 2. The summed E-state index contributed by atoms with van der Waals surface area (Å²) in [7, 11) is 0. The van der Waals surface area contributed by atoms with Crippen molar-refractivity contribution in [3.8, 4) is 0 Å². The van der Waals surface area contributed by atoms with Gasteiger partial charge in [0.1, 0.15) is 0 Å². The van der Waals surface area contributed by atoms with E-state index in [2.05, 4.69) is 22.8 Å². The average Bonchev–Trinajstić information content (AvgIpc) is 2.94. The fraction of sp³-hybridized carbons (Fsp3) is 0.412. The van der Waals surface area contributed by atoms with Crippen LogP contribution in [-0.2, 0) is 4.79 Å². The van der Waals surface area contributed by atoms with Gasteiger partial charge < -0.3 is 10.6 Å². The third-order valence-electron chi connectivity index (χ3n) is 3.67. The van der Waals surface area contributed by atoms with Crippen LogP contribution in [0.25, 0.3) is 0 Å². The molecule has 0 bridgehead atoms. The molecule has 4 heteroatoms. The third kappa shape index (κ3) is 4.18. The summed E-state index contributed by atoms with van der Waals surface area (Å²) in [5.41, 5.74) is 2.24. The van der Waals surface area contributed by atoms with Gasteiger partial charge in [-0.2, -0.15) is 0 Å². The van der Waals surface area contributed by atoms with Gasteiger partial charge in [-0.15, -0.1) is 0 Å². The standard InChI is InChI=1S/C17H22N2O2/c1-3-18-17(21)14-9-8-12(2)15(11-14)19-16(20)10-13-6-4-5-7-13/h4,6,8-9,11,13H,3,5,7,10H2,1-2H3,(H,18,21)(H,19,20)/t13-/m1/s1. The van der Waals surface area contributed by atoms with Crippen LogP contribution in [0.2, 0.25) is 0 Å². The Morgan fingerprint density at radius 3 is 2.81 bits per heavy atom. The smallest absolute Gasteiger partial charge is 0.251 e. The Balaban J connectivity index is 2.04. The van der Waals surface area contributed by atoms with Crippen molar-refractivity contribution in [3.63, 3.8) is 0 Å². The van der Waals surface area contributed by atoms with Gasteiger partial charge in [0.2, 0.25) is 5.91 Å². The lowest BCUT2D eigenvalue weighted by Crippen LogP contribution is -2.23. The van der Waals surface area contributed by atoms with E-state index in [1.165, 1.54) is 0 Å². The molecule has 112 valence electrons. The van der Waals surface area contributed by atoms with E-state index in [1.807, 2.05) is 19.9 Å². The van der Waals surface area contributed by atoms with E-state index in [9.17, 15) is 9.59 Å². The fourth-order valence-electron chi connectivity index (χ4n) is 2.47. The summed E-state index contributed by atoms with van der Waals surface area (Å²) in [6, 6.07) is 5.37. The minimum Gasteiger partial charge on any atom is -0.352 e. The molecule has 0 unspecified atom stereocenters. The van der Waals surface area contributed by atoms with Gasteiger partial charge in [0, 0.05) is 24.2 Å². The molecule has 0 fully saturated rings. The van der Waals surface area contributed by atoms with Gasteiger partial charge in [-0.25, -0.2) is 0 Å².